The molecule has 1 fully saturated rings. The first-order valence-electron chi connectivity index (χ1n) is 9.75. The lowest BCUT2D eigenvalue weighted by Gasteiger charge is -2.36. The predicted octanol–water partition coefficient (Wildman–Crippen LogP) is 3.33. The molecule has 0 aliphatic carbocycles. The van der Waals surface area contributed by atoms with Crippen LogP contribution in [-0.4, -0.2) is 50.1 Å². The molecule has 0 radical (unpaired) electrons. The van der Waals surface area contributed by atoms with Crippen molar-refractivity contribution in [2.24, 2.45) is 0 Å². The van der Waals surface area contributed by atoms with E-state index >= 15 is 0 Å². The van der Waals surface area contributed by atoms with Crippen molar-refractivity contribution in [3.8, 4) is 0 Å². The largest absolute Gasteiger partial charge is 0.369 e. The van der Waals surface area contributed by atoms with E-state index in [1.807, 2.05) is 36.4 Å². The maximum Gasteiger partial charge on any atom is 0.251 e. The average Bonchev–Trinajstić information content (AvgIpc) is 2.70. The zero-order chi connectivity index (χ0) is 19.1. The number of hydrogen-bond donors (Lipinski definition) is 1. The summed E-state index contributed by atoms with van der Waals surface area (Å²) in [6, 6.07) is 14.6. The summed E-state index contributed by atoms with van der Waals surface area (Å²) >= 11 is 0. The van der Waals surface area contributed by atoms with E-state index in [9.17, 15) is 9.18 Å². The van der Waals surface area contributed by atoms with Crippen molar-refractivity contribution in [1.82, 2.24) is 10.2 Å². The van der Waals surface area contributed by atoms with Gasteiger partial charge in [-0.3, -0.25) is 9.69 Å². The third-order valence-corrected chi connectivity index (χ3v) is 5.03. The van der Waals surface area contributed by atoms with Crippen LogP contribution in [0.5, 0.6) is 0 Å². The first-order valence-corrected chi connectivity index (χ1v) is 9.75. The fourth-order valence-electron chi connectivity index (χ4n) is 3.42. The summed E-state index contributed by atoms with van der Waals surface area (Å²) in [6.07, 6.45) is 2.16. The topological polar surface area (TPSA) is 35.6 Å². The number of amides is 1. The number of rotatable bonds is 7. The molecule has 4 nitrogen and oxygen atoms in total. The average molecular weight is 369 g/mol. The highest BCUT2D eigenvalue weighted by atomic mass is 19.1. The van der Waals surface area contributed by atoms with Gasteiger partial charge in [-0.2, -0.15) is 0 Å². The molecule has 1 amide bonds. The standard InChI is InChI=1S/C22H28FN3O/c1-2-3-18-4-6-19(7-5-18)22(27)24-12-13-25-14-16-26(17-15-25)21-10-8-20(23)9-11-21/h4-11H,2-3,12-17H2,1H3,(H,24,27). The van der Waals surface area contributed by atoms with Gasteiger partial charge in [-0.15, -0.1) is 0 Å². The smallest absolute Gasteiger partial charge is 0.251 e. The van der Waals surface area contributed by atoms with Gasteiger partial charge in [0.15, 0.2) is 0 Å². The highest BCUT2D eigenvalue weighted by molar-refractivity contribution is 5.94. The second-order valence-electron chi connectivity index (χ2n) is 7.01. The van der Waals surface area contributed by atoms with E-state index in [-0.39, 0.29) is 11.7 Å². The molecule has 0 atom stereocenters. The van der Waals surface area contributed by atoms with Gasteiger partial charge in [0.05, 0.1) is 0 Å². The molecular formula is C22H28FN3O. The zero-order valence-corrected chi connectivity index (χ0v) is 16.0. The molecule has 2 aromatic carbocycles. The molecule has 0 spiro atoms. The zero-order valence-electron chi connectivity index (χ0n) is 16.0. The molecule has 1 aliphatic heterocycles. The van der Waals surface area contributed by atoms with E-state index in [4.69, 9.17) is 0 Å². The van der Waals surface area contributed by atoms with Gasteiger partial charge in [0.2, 0.25) is 0 Å². The number of anilines is 1. The van der Waals surface area contributed by atoms with Crippen LogP contribution in [0, 0.1) is 5.82 Å². The van der Waals surface area contributed by atoms with Crippen molar-refractivity contribution in [3.05, 3.63) is 65.5 Å². The van der Waals surface area contributed by atoms with Crippen molar-refractivity contribution in [2.45, 2.75) is 19.8 Å². The molecule has 3 rings (SSSR count). The Morgan fingerprint density at radius 2 is 1.67 bits per heavy atom. The van der Waals surface area contributed by atoms with E-state index in [0.29, 0.717) is 6.54 Å². The molecule has 144 valence electrons. The molecular weight excluding hydrogens is 341 g/mol. The Morgan fingerprint density at radius 3 is 2.30 bits per heavy atom. The van der Waals surface area contributed by atoms with Gasteiger partial charge in [0, 0.05) is 50.5 Å². The van der Waals surface area contributed by atoms with Gasteiger partial charge in [-0.25, -0.2) is 4.39 Å². The van der Waals surface area contributed by atoms with Crippen LogP contribution in [0.2, 0.25) is 0 Å². The van der Waals surface area contributed by atoms with E-state index in [0.717, 1.165) is 56.8 Å². The fraction of sp³-hybridized carbons (Fsp3) is 0.409. The Bertz CT molecular complexity index is 722. The summed E-state index contributed by atoms with van der Waals surface area (Å²) < 4.78 is 13.0. The van der Waals surface area contributed by atoms with Crippen LogP contribution in [-0.2, 0) is 6.42 Å². The number of carbonyl (C=O) groups excluding carboxylic acids is 1. The van der Waals surface area contributed by atoms with Gasteiger partial charge < -0.3 is 10.2 Å². The summed E-state index contributed by atoms with van der Waals surface area (Å²) in [5.74, 6) is -0.212. The highest BCUT2D eigenvalue weighted by Gasteiger charge is 2.17. The fourth-order valence-corrected chi connectivity index (χ4v) is 3.42. The first-order chi connectivity index (χ1) is 13.2. The monoisotopic (exact) mass is 369 g/mol. The summed E-state index contributed by atoms with van der Waals surface area (Å²) in [7, 11) is 0. The molecule has 0 aromatic heterocycles. The van der Waals surface area contributed by atoms with Gasteiger partial charge in [-0.1, -0.05) is 25.5 Å². The Morgan fingerprint density at radius 1 is 1.00 bits per heavy atom. The second kappa shape index (κ2) is 9.51. The van der Waals surface area contributed by atoms with Crippen molar-refractivity contribution in [2.75, 3.05) is 44.2 Å². The number of piperazine rings is 1. The van der Waals surface area contributed by atoms with Crippen molar-refractivity contribution < 1.29 is 9.18 Å². The van der Waals surface area contributed by atoms with Crippen LogP contribution in [0.1, 0.15) is 29.3 Å². The summed E-state index contributed by atoms with van der Waals surface area (Å²) in [5, 5.41) is 3.01. The van der Waals surface area contributed by atoms with Gasteiger partial charge in [-0.05, 0) is 48.4 Å². The molecule has 0 bridgehead atoms. The van der Waals surface area contributed by atoms with Crippen LogP contribution in [0.4, 0.5) is 10.1 Å². The van der Waals surface area contributed by atoms with Crippen LogP contribution >= 0.6 is 0 Å². The maximum atomic E-state index is 13.0. The number of aryl methyl sites for hydroxylation is 1. The van der Waals surface area contributed by atoms with Gasteiger partial charge >= 0.3 is 0 Å². The lowest BCUT2D eigenvalue weighted by atomic mass is 10.1. The third kappa shape index (κ3) is 5.54. The number of benzene rings is 2. The van der Waals surface area contributed by atoms with E-state index in [1.54, 1.807) is 0 Å². The quantitative estimate of drug-likeness (QED) is 0.813. The SMILES string of the molecule is CCCc1ccc(C(=O)NCCN2CCN(c3ccc(F)cc3)CC2)cc1. The molecule has 1 N–H and O–H groups in total. The number of hydrogen-bond acceptors (Lipinski definition) is 3. The number of carbonyl (C=O) groups is 1. The van der Waals surface area contributed by atoms with Gasteiger partial charge in [0.25, 0.3) is 5.91 Å². The van der Waals surface area contributed by atoms with Gasteiger partial charge in [0.1, 0.15) is 5.82 Å². The molecule has 2 aromatic rings. The number of halogens is 1. The molecule has 1 saturated heterocycles. The molecule has 27 heavy (non-hydrogen) atoms. The van der Waals surface area contributed by atoms with Crippen LogP contribution < -0.4 is 10.2 Å². The summed E-state index contributed by atoms with van der Waals surface area (Å²) in [4.78, 5) is 16.9. The maximum absolute atomic E-state index is 13.0. The molecule has 1 aliphatic rings. The van der Waals surface area contributed by atoms with E-state index in [1.165, 1.54) is 17.7 Å². The highest BCUT2D eigenvalue weighted by Crippen LogP contribution is 2.16. The third-order valence-electron chi connectivity index (χ3n) is 5.03. The van der Waals surface area contributed by atoms with Crippen molar-refractivity contribution in [3.63, 3.8) is 0 Å². The predicted molar refractivity (Wildman–Crippen MR) is 108 cm³/mol. The summed E-state index contributed by atoms with van der Waals surface area (Å²) in [6.45, 7) is 7.36. The lowest BCUT2D eigenvalue weighted by Crippen LogP contribution is -2.48. The number of nitrogens with one attached hydrogen (secondary N) is 1. The normalized spacial score (nSPS) is 15.0. The number of nitrogens with zero attached hydrogens (tertiary/aromatic N) is 2. The molecule has 5 heteroatoms. The first kappa shape index (κ1) is 19.4. The van der Waals surface area contributed by atoms with Crippen LogP contribution in [0.15, 0.2) is 48.5 Å². The Labute approximate surface area is 161 Å². The minimum Gasteiger partial charge on any atom is -0.369 e. The Hall–Kier alpha value is -2.40. The lowest BCUT2D eigenvalue weighted by molar-refractivity contribution is 0.0948. The minimum atomic E-state index is -0.201. The Balaban J connectivity index is 1.38. The molecule has 1 heterocycles. The van der Waals surface area contributed by atoms with Crippen molar-refractivity contribution >= 4 is 11.6 Å². The van der Waals surface area contributed by atoms with Crippen LogP contribution in [0.3, 0.4) is 0 Å². The van der Waals surface area contributed by atoms with E-state index < -0.39 is 0 Å². The molecule has 0 unspecified atom stereocenters. The second-order valence-corrected chi connectivity index (χ2v) is 7.01. The Kier molecular flexibility index (Phi) is 6.82. The molecule has 0 saturated carbocycles. The minimum absolute atomic E-state index is 0.0111. The van der Waals surface area contributed by atoms with E-state index in [2.05, 4.69) is 22.0 Å². The summed E-state index contributed by atoms with van der Waals surface area (Å²) in [5.41, 5.74) is 3.06. The van der Waals surface area contributed by atoms with Crippen molar-refractivity contribution in [1.29, 1.82) is 0 Å². The van der Waals surface area contributed by atoms with Crippen LogP contribution in [0.25, 0.3) is 0 Å².